The van der Waals surface area contributed by atoms with Crippen molar-refractivity contribution in [1.82, 2.24) is 15.3 Å². The molecule has 3 rings (SSSR count). The lowest BCUT2D eigenvalue weighted by Crippen LogP contribution is -2.34. The fourth-order valence-electron chi connectivity index (χ4n) is 2.44. The maximum absolute atomic E-state index is 13.5. The third-order valence-electron chi connectivity index (χ3n) is 3.57. The van der Waals surface area contributed by atoms with Crippen LogP contribution in [0.25, 0.3) is 10.9 Å². The molecule has 2 heterocycles. The van der Waals surface area contributed by atoms with Crippen molar-refractivity contribution in [2.24, 2.45) is 0 Å². The van der Waals surface area contributed by atoms with Crippen LogP contribution in [-0.2, 0) is 0 Å². The molecule has 6 nitrogen and oxygen atoms in total. The van der Waals surface area contributed by atoms with Crippen LogP contribution in [0.4, 0.5) is 4.39 Å². The van der Waals surface area contributed by atoms with Gasteiger partial charge >= 0.3 is 0 Å². The predicted molar refractivity (Wildman–Crippen MR) is 91.2 cm³/mol. The summed E-state index contributed by atoms with van der Waals surface area (Å²) in [4.78, 5) is 30.7. The zero-order chi connectivity index (χ0) is 17.8. The number of H-pyrrole nitrogens is 1. The number of nitrogens with one attached hydrogen (secondary N) is 2. The molecule has 1 amide bonds. The summed E-state index contributed by atoms with van der Waals surface area (Å²) < 4.78 is 19.1. The standard InChI is InChI=1S/C18H16FN3O3/c1-11(25-13-3-2-6-20-10-13)9-21-18(24)15-8-17(23)22-16-5-4-12(19)7-14(15)16/h2-8,10-11H,9H2,1H3,(H,21,24)(H,22,23)/t11-/m0/s1. The van der Waals surface area contributed by atoms with Gasteiger partial charge in [0.2, 0.25) is 5.56 Å². The highest BCUT2D eigenvalue weighted by Gasteiger charge is 2.14. The van der Waals surface area contributed by atoms with Gasteiger partial charge in [-0.15, -0.1) is 0 Å². The molecule has 0 radical (unpaired) electrons. The molecule has 25 heavy (non-hydrogen) atoms. The number of hydrogen-bond acceptors (Lipinski definition) is 4. The van der Waals surface area contributed by atoms with E-state index in [4.69, 9.17) is 4.74 Å². The lowest BCUT2D eigenvalue weighted by Gasteiger charge is -2.15. The van der Waals surface area contributed by atoms with Crippen molar-refractivity contribution in [2.75, 3.05) is 6.54 Å². The molecule has 0 bridgehead atoms. The third kappa shape index (κ3) is 4.00. The maximum atomic E-state index is 13.5. The summed E-state index contributed by atoms with van der Waals surface area (Å²) in [6, 6.07) is 8.54. The molecule has 0 aliphatic heterocycles. The SMILES string of the molecule is C[C@@H](CNC(=O)c1cc(=O)[nH]c2ccc(F)cc12)Oc1cccnc1. The number of amides is 1. The average Bonchev–Trinajstić information content (AvgIpc) is 2.60. The van der Waals surface area contributed by atoms with E-state index in [-0.39, 0.29) is 18.2 Å². The second kappa shape index (κ2) is 7.12. The largest absolute Gasteiger partial charge is 0.487 e. The normalized spacial score (nSPS) is 11.9. The number of carbonyl (C=O) groups is 1. The summed E-state index contributed by atoms with van der Waals surface area (Å²) >= 11 is 0. The van der Waals surface area contributed by atoms with E-state index in [0.717, 1.165) is 6.07 Å². The highest BCUT2D eigenvalue weighted by molar-refractivity contribution is 6.05. The van der Waals surface area contributed by atoms with Gasteiger partial charge in [-0.3, -0.25) is 14.6 Å². The first-order chi connectivity index (χ1) is 12.0. The second-order valence-corrected chi connectivity index (χ2v) is 5.56. The number of benzene rings is 1. The average molecular weight is 341 g/mol. The maximum Gasteiger partial charge on any atom is 0.252 e. The Morgan fingerprint density at radius 3 is 2.96 bits per heavy atom. The van der Waals surface area contributed by atoms with Crippen LogP contribution in [0.5, 0.6) is 5.75 Å². The lowest BCUT2D eigenvalue weighted by atomic mass is 10.1. The van der Waals surface area contributed by atoms with Gasteiger partial charge in [-0.25, -0.2) is 4.39 Å². The first-order valence-corrected chi connectivity index (χ1v) is 7.70. The summed E-state index contributed by atoms with van der Waals surface area (Å²) in [6.45, 7) is 2.01. The van der Waals surface area contributed by atoms with E-state index in [2.05, 4.69) is 15.3 Å². The zero-order valence-corrected chi connectivity index (χ0v) is 13.5. The Labute approximate surface area is 142 Å². The van der Waals surface area contributed by atoms with Crippen molar-refractivity contribution in [3.63, 3.8) is 0 Å². The Hall–Kier alpha value is -3.22. The number of rotatable bonds is 5. The molecule has 0 fully saturated rings. The van der Waals surface area contributed by atoms with E-state index in [0.29, 0.717) is 16.7 Å². The van der Waals surface area contributed by atoms with E-state index in [1.54, 1.807) is 31.5 Å². The third-order valence-corrected chi connectivity index (χ3v) is 3.57. The number of fused-ring (bicyclic) bond motifs is 1. The van der Waals surface area contributed by atoms with Crippen molar-refractivity contribution in [2.45, 2.75) is 13.0 Å². The minimum absolute atomic E-state index is 0.117. The molecule has 1 aromatic carbocycles. The number of nitrogens with zero attached hydrogens (tertiary/aromatic N) is 1. The number of pyridine rings is 2. The molecule has 128 valence electrons. The van der Waals surface area contributed by atoms with Crippen molar-refractivity contribution < 1.29 is 13.9 Å². The van der Waals surface area contributed by atoms with Crippen molar-refractivity contribution in [3.05, 3.63) is 70.5 Å². The summed E-state index contributed by atoms with van der Waals surface area (Å²) in [5.41, 5.74) is 0.0921. The van der Waals surface area contributed by atoms with Gasteiger partial charge in [0.1, 0.15) is 17.7 Å². The first kappa shape index (κ1) is 16.6. The van der Waals surface area contributed by atoms with Gasteiger partial charge in [-0.1, -0.05) is 0 Å². The fraction of sp³-hybridized carbons (Fsp3) is 0.167. The van der Waals surface area contributed by atoms with Crippen LogP contribution in [0, 0.1) is 5.82 Å². The molecule has 0 aliphatic carbocycles. The van der Waals surface area contributed by atoms with Crippen LogP contribution < -0.4 is 15.6 Å². The Bertz CT molecular complexity index is 957. The summed E-state index contributed by atoms with van der Waals surface area (Å²) in [5.74, 6) is -0.363. The molecule has 2 N–H and O–H groups in total. The Kier molecular flexibility index (Phi) is 4.74. The van der Waals surface area contributed by atoms with Gasteiger partial charge in [0.05, 0.1) is 18.3 Å². The van der Waals surface area contributed by atoms with Gasteiger partial charge in [0.15, 0.2) is 0 Å². The number of ether oxygens (including phenoxy) is 1. The monoisotopic (exact) mass is 341 g/mol. The lowest BCUT2D eigenvalue weighted by molar-refractivity contribution is 0.0933. The van der Waals surface area contributed by atoms with Crippen molar-refractivity contribution in [1.29, 1.82) is 0 Å². The molecule has 7 heteroatoms. The Morgan fingerprint density at radius 2 is 2.20 bits per heavy atom. The summed E-state index contributed by atoms with van der Waals surface area (Å²) in [7, 11) is 0. The van der Waals surface area contributed by atoms with Crippen LogP contribution in [0.1, 0.15) is 17.3 Å². The minimum Gasteiger partial charge on any atom is -0.487 e. The second-order valence-electron chi connectivity index (χ2n) is 5.56. The molecular weight excluding hydrogens is 325 g/mol. The van der Waals surface area contributed by atoms with Gasteiger partial charge in [-0.2, -0.15) is 0 Å². The van der Waals surface area contributed by atoms with Crippen LogP contribution in [0.2, 0.25) is 0 Å². The predicted octanol–water partition coefficient (Wildman–Crippen LogP) is 2.26. The smallest absolute Gasteiger partial charge is 0.252 e. The van der Waals surface area contributed by atoms with Gasteiger partial charge in [-0.05, 0) is 37.3 Å². The van der Waals surface area contributed by atoms with Crippen molar-refractivity contribution >= 4 is 16.8 Å². The number of halogens is 1. The van der Waals surface area contributed by atoms with Crippen LogP contribution in [-0.4, -0.2) is 28.5 Å². The van der Waals surface area contributed by atoms with Crippen LogP contribution in [0.3, 0.4) is 0 Å². The number of aromatic amines is 1. The molecule has 3 aromatic rings. The highest BCUT2D eigenvalue weighted by Crippen LogP contribution is 2.16. The number of carbonyl (C=O) groups excluding carboxylic acids is 1. The van der Waals surface area contributed by atoms with Crippen LogP contribution in [0.15, 0.2) is 53.6 Å². The van der Waals surface area contributed by atoms with Gasteiger partial charge in [0, 0.05) is 23.2 Å². The van der Waals surface area contributed by atoms with E-state index in [9.17, 15) is 14.0 Å². The highest BCUT2D eigenvalue weighted by atomic mass is 19.1. The topological polar surface area (TPSA) is 84.1 Å². The summed E-state index contributed by atoms with van der Waals surface area (Å²) in [5, 5.41) is 3.04. The first-order valence-electron chi connectivity index (χ1n) is 7.70. The molecule has 0 aliphatic rings. The molecule has 0 saturated carbocycles. The molecule has 0 saturated heterocycles. The van der Waals surface area contributed by atoms with Gasteiger partial charge in [0.25, 0.3) is 5.91 Å². The Balaban J connectivity index is 1.74. The van der Waals surface area contributed by atoms with E-state index < -0.39 is 17.3 Å². The molecular formula is C18H16FN3O3. The van der Waals surface area contributed by atoms with Crippen molar-refractivity contribution in [3.8, 4) is 5.75 Å². The molecule has 0 unspecified atom stereocenters. The van der Waals surface area contributed by atoms with Crippen LogP contribution >= 0.6 is 0 Å². The molecule has 0 spiro atoms. The molecule has 2 aromatic heterocycles. The van der Waals surface area contributed by atoms with E-state index >= 15 is 0 Å². The van der Waals surface area contributed by atoms with E-state index in [1.165, 1.54) is 18.2 Å². The van der Waals surface area contributed by atoms with Gasteiger partial charge < -0.3 is 15.0 Å². The Morgan fingerprint density at radius 1 is 1.36 bits per heavy atom. The van der Waals surface area contributed by atoms with E-state index in [1.807, 2.05) is 0 Å². The summed E-state index contributed by atoms with van der Waals surface area (Å²) in [6.07, 6.45) is 2.90. The minimum atomic E-state index is -0.484. The molecule has 1 atom stereocenters. The number of aromatic nitrogens is 2. The quantitative estimate of drug-likeness (QED) is 0.745. The number of hydrogen-bond donors (Lipinski definition) is 2. The fourth-order valence-corrected chi connectivity index (χ4v) is 2.44. The zero-order valence-electron chi connectivity index (χ0n) is 13.5.